The number of rotatable bonds is 5. The molecule has 0 aliphatic carbocycles. The molecule has 0 aromatic rings. The third-order valence-electron chi connectivity index (χ3n) is 6.22. The van der Waals surface area contributed by atoms with E-state index in [1.807, 2.05) is 0 Å². The second-order valence-electron chi connectivity index (χ2n) is 8.67. The predicted octanol–water partition coefficient (Wildman–Crippen LogP) is -6.92. The minimum Gasteiger partial charge on any atom is -0.388 e. The summed E-state index contributed by atoms with van der Waals surface area (Å²) in [6, 6.07) is 0. The van der Waals surface area contributed by atoms with Crippen LogP contribution in [-0.4, -0.2) is 170 Å². The van der Waals surface area contributed by atoms with Crippen molar-refractivity contribution in [2.45, 2.75) is 92.1 Å². The summed E-state index contributed by atoms with van der Waals surface area (Å²) in [5.74, 6) is 0. The number of hydrogen-bond acceptors (Lipinski definition) is 16. The molecule has 15 unspecified atom stereocenters. The Labute approximate surface area is 199 Å². The topological polar surface area (TPSA) is 258 Å². The highest BCUT2D eigenvalue weighted by atomic mass is 16.7. The molecule has 3 aliphatic heterocycles. The standard InChI is InChI=1S/C19H34O16/c1-30-17-14(27)12(25)9(22)6(3-32-17)35-19-16(29)13(26)10(23)7(4-33-19)34-18-15(28)11(24)8(21)5(20)2-31-18/h5-29H,2-4H2,1H3. The Morgan fingerprint density at radius 1 is 0.457 bits per heavy atom. The quantitative estimate of drug-likeness (QED) is 0.162. The maximum Gasteiger partial charge on any atom is 0.186 e. The van der Waals surface area contributed by atoms with Crippen LogP contribution in [0.25, 0.3) is 0 Å². The van der Waals surface area contributed by atoms with Crippen LogP contribution in [0.1, 0.15) is 0 Å². The number of ether oxygens (including phenoxy) is 6. The minimum atomic E-state index is -1.94. The van der Waals surface area contributed by atoms with Crippen LogP contribution >= 0.6 is 0 Å². The van der Waals surface area contributed by atoms with Gasteiger partial charge in [-0.2, -0.15) is 0 Å². The molecule has 0 saturated carbocycles. The van der Waals surface area contributed by atoms with Crippen molar-refractivity contribution in [2.75, 3.05) is 26.9 Å². The highest BCUT2D eigenvalue weighted by Crippen LogP contribution is 2.26. The van der Waals surface area contributed by atoms with Crippen molar-refractivity contribution < 1.29 is 79.5 Å². The minimum absolute atomic E-state index is 0.413. The van der Waals surface area contributed by atoms with Gasteiger partial charge in [-0.25, -0.2) is 0 Å². The number of hydrogen-bond donors (Lipinski definition) is 10. The molecule has 10 N–H and O–H groups in total. The van der Waals surface area contributed by atoms with Gasteiger partial charge in [0.1, 0.15) is 73.2 Å². The predicted molar refractivity (Wildman–Crippen MR) is 106 cm³/mol. The van der Waals surface area contributed by atoms with Gasteiger partial charge in [0.25, 0.3) is 0 Å². The molecule has 35 heavy (non-hydrogen) atoms. The second-order valence-corrected chi connectivity index (χ2v) is 8.67. The summed E-state index contributed by atoms with van der Waals surface area (Å²) in [5, 5.41) is 101. The second kappa shape index (κ2) is 12.3. The zero-order valence-corrected chi connectivity index (χ0v) is 18.7. The van der Waals surface area contributed by atoms with Gasteiger partial charge in [-0.3, -0.25) is 0 Å². The molecule has 3 fully saturated rings. The first kappa shape index (κ1) is 28.9. The molecule has 0 aromatic carbocycles. The van der Waals surface area contributed by atoms with E-state index >= 15 is 0 Å². The molecule has 206 valence electrons. The van der Waals surface area contributed by atoms with Gasteiger partial charge in [-0.1, -0.05) is 0 Å². The number of methoxy groups -OCH3 is 1. The molecule has 0 spiro atoms. The zero-order chi connectivity index (χ0) is 26.0. The average Bonchev–Trinajstić information content (AvgIpc) is 3.06. The van der Waals surface area contributed by atoms with Crippen LogP contribution in [0.2, 0.25) is 0 Å². The molecule has 0 bridgehead atoms. The van der Waals surface area contributed by atoms with Gasteiger partial charge in [-0.05, 0) is 0 Å². The fraction of sp³-hybridized carbons (Fsp3) is 1.00. The Hall–Kier alpha value is -0.640. The first-order valence-corrected chi connectivity index (χ1v) is 11.0. The molecule has 3 saturated heterocycles. The number of aliphatic hydroxyl groups is 10. The maximum atomic E-state index is 10.5. The highest BCUT2D eigenvalue weighted by Gasteiger charge is 2.48. The van der Waals surface area contributed by atoms with Gasteiger partial charge in [0, 0.05) is 7.11 Å². The molecule has 3 aliphatic rings. The van der Waals surface area contributed by atoms with Crippen molar-refractivity contribution in [2.24, 2.45) is 0 Å². The van der Waals surface area contributed by atoms with Gasteiger partial charge in [-0.15, -0.1) is 0 Å². The summed E-state index contributed by atoms with van der Waals surface area (Å²) in [7, 11) is 1.21. The zero-order valence-electron chi connectivity index (χ0n) is 18.7. The van der Waals surface area contributed by atoms with E-state index in [2.05, 4.69) is 0 Å². The molecule has 16 heteroatoms. The lowest BCUT2D eigenvalue weighted by Gasteiger charge is -2.31. The van der Waals surface area contributed by atoms with E-state index in [-0.39, 0.29) is 0 Å². The van der Waals surface area contributed by atoms with Crippen LogP contribution in [0.15, 0.2) is 0 Å². The van der Waals surface area contributed by atoms with Crippen molar-refractivity contribution >= 4 is 0 Å². The van der Waals surface area contributed by atoms with Crippen molar-refractivity contribution in [1.29, 1.82) is 0 Å². The van der Waals surface area contributed by atoms with Gasteiger partial charge >= 0.3 is 0 Å². The largest absolute Gasteiger partial charge is 0.388 e. The van der Waals surface area contributed by atoms with E-state index in [9.17, 15) is 51.1 Å². The lowest BCUT2D eigenvalue weighted by Crippen LogP contribution is -2.52. The normalized spacial score (nSPS) is 52.4. The van der Waals surface area contributed by atoms with Crippen LogP contribution in [0.5, 0.6) is 0 Å². The Balaban J connectivity index is 1.68. The molecule has 3 heterocycles. The van der Waals surface area contributed by atoms with Crippen molar-refractivity contribution in [3.63, 3.8) is 0 Å². The summed E-state index contributed by atoms with van der Waals surface area (Å²) in [5.41, 5.74) is 0. The third kappa shape index (κ3) is 6.27. The molecule has 0 aromatic heterocycles. The van der Waals surface area contributed by atoms with Gasteiger partial charge in [0.15, 0.2) is 18.9 Å². The van der Waals surface area contributed by atoms with E-state index < -0.39 is 112 Å². The van der Waals surface area contributed by atoms with Crippen molar-refractivity contribution in [1.82, 2.24) is 0 Å². The molecule has 15 atom stereocenters. The molecule has 3 rings (SSSR count). The molecule has 0 radical (unpaired) electrons. The lowest BCUT2D eigenvalue weighted by molar-refractivity contribution is -0.264. The summed E-state index contributed by atoms with van der Waals surface area (Å²) >= 11 is 0. The van der Waals surface area contributed by atoms with Gasteiger partial charge in [0.05, 0.1) is 19.8 Å². The van der Waals surface area contributed by atoms with Crippen LogP contribution in [0.4, 0.5) is 0 Å². The van der Waals surface area contributed by atoms with Crippen LogP contribution in [0, 0.1) is 0 Å². The summed E-state index contributed by atoms with van der Waals surface area (Å²) in [4.78, 5) is 0. The van der Waals surface area contributed by atoms with Crippen molar-refractivity contribution in [3.8, 4) is 0 Å². The summed E-state index contributed by atoms with van der Waals surface area (Å²) < 4.78 is 31.6. The SMILES string of the molecule is COC1OCC(OC2OCC(OC3OCC(O)C(O)C(O)C3O)C(O)C(O)C2O)C(O)C(O)C1O. The fourth-order valence-electron chi connectivity index (χ4n) is 3.95. The molecular weight excluding hydrogens is 484 g/mol. The Kier molecular flexibility index (Phi) is 10.1. The molecule has 0 amide bonds. The Bertz CT molecular complexity index is 656. The van der Waals surface area contributed by atoms with E-state index in [0.717, 1.165) is 0 Å². The monoisotopic (exact) mass is 518 g/mol. The van der Waals surface area contributed by atoms with Gasteiger partial charge in [0.2, 0.25) is 0 Å². The Morgan fingerprint density at radius 3 is 1.29 bits per heavy atom. The van der Waals surface area contributed by atoms with Crippen LogP contribution < -0.4 is 0 Å². The van der Waals surface area contributed by atoms with Gasteiger partial charge < -0.3 is 79.5 Å². The van der Waals surface area contributed by atoms with Crippen LogP contribution in [0.3, 0.4) is 0 Å². The van der Waals surface area contributed by atoms with E-state index in [0.29, 0.717) is 0 Å². The smallest absolute Gasteiger partial charge is 0.186 e. The van der Waals surface area contributed by atoms with E-state index in [1.54, 1.807) is 0 Å². The number of aliphatic hydroxyl groups excluding tert-OH is 10. The van der Waals surface area contributed by atoms with Crippen LogP contribution in [-0.2, 0) is 28.4 Å². The first-order chi connectivity index (χ1) is 16.5. The van der Waals surface area contributed by atoms with E-state index in [4.69, 9.17) is 28.4 Å². The summed E-state index contributed by atoms with van der Waals surface area (Å²) in [6.45, 7) is -1.51. The Morgan fingerprint density at radius 2 is 0.829 bits per heavy atom. The lowest BCUT2D eigenvalue weighted by atomic mass is 10.0. The highest BCUT2D eigenvalue weighted by molar-refractivity contribution is 4.92. The molecular formula is C19H34O16. The fourth-order valence-corrected chi connectivity index (χ4v) is 3.95. The summed E-state index contributed by atoms with van der Waals surface area (Å²) in [6.07, 6.45) is -25.2. The maximum absolute atomic E-state index is 10.5. The first-order valence-electron chi connectivity index (χ1n) is 11.0. The van der Waals surface area contributed by atoms with E-state index in [1.165, 1.54) is 7.11 Å². The average molecular weight is 518 g/mol. The third-order valence-corrected chi connectivity index (χ3v) is 6.22. The van der Waals surface area contributed by atoms with Crippen molar-refractivity contribution in [3.05, 3.63) is 0 Å². The molecule has 16 nitrogen and oxygen atoms in total.